The van der Waals surface area contributed by atoms with E-state index in [0.29, 0.717) is 22.4 Å². The molecule has 1 unspecified atom stereocenters. The van der Waals surface area contributed by atoms with Gasteiger partial charge in [0, 0.05) is 5.56 Å². The second-order valence-corrected chi connectivity index (χ2v) is 3.90. The lowest BCUT2D eigenvalue weighted by atomic mass is 10.1. The highest BCUT2D eigenvalue weighted by Gasteiger charge is 2.16. The standard InChI is InChI=1S/C12H15NO4/c1-6-4-9(11(13)14)5-7(2)10(6)17-8(3)12(15)16/h4-5,8H,1-3H3,(H2,13,14)(H,15,16). The highest BCUT2D eigenvalue weighted by Crippen LogP contribution is 2.25. The average Bonchev–Trinajstić information content (AvgIpc) is 2.22. The fourth-order valence-corrected chi connectivity index (χ4v) is 1.51. The molecule has 5 nitrogen and oxygen atoms in total. The topological polar surface area (TPSA) is 89.6 Å². The summed E-state index contributed by atoms with van der Waals surface area (Å²) in [6, 6.07) is 3.17. The van der Waals surface area contributed by atoms with Crippen molar-refractivity contribution in [3.8, 4) is 5.75 Å². The molecule has 5 heteroatoms. The van der Waals surface area contributed by atoms with E-state index in [9.17, 15) is 9.59 Å². The van der Waals surface area contributed by atoms with Gasteiger partial charge in [-0.2, -0.15) is 0 Å². The van der Waals surface area contributed by atoms with E-state index < -0.39 is 18.0 Å². The lowest BCUT2D eigenvalue weighted by Crippen LogP contribution is -2.24. The predicted octanol–water partition coefficient (Wildman–Crippen LogP) is 1.25. The molecule has 0 radical (unpaired) electrons. The summed E-state index contributed by atoms with van der Waals surface area (Å²) >= 11 is 0. The highest BCUT2D eigenvalue weighted by molar-refractivity contribution is 5.93. The van der Waals surface area contributed by atoms with Crippen LogP contribution in [-0.4, -0.2) is 23.1 Å². The first-order valence-electron chi connectivity index (χ1n) is 5.13. The minimum Gasteiger partial charge on any atom is -0.479 e. The van der Waals surface area contributed by atoms with Crippen LogP contribution >= 0.6 is 0 Å². The number of hydrogen-bond donors (Lipinski definition) is 2. The van der Waals surface area contributed by atoms with Gasteiger partial charge in [0.1, 0.15) is 5.75 Å². The zero-order valence-electron chi connectivity index (χ0n) is 9.98. The summed E-state index contributed by atoms with van der Waals surface area (Å²) in [7, 11) is 0. The summed E-state index contributed by atoms with van der Waals surface area (Å²) < 4.78 is 5.32. The molecule has 1 aromatic carbocycles. The van der Waals surface area contributed by atoms with Crippen LogP contribution in [0.25, 0.3) is 0 Å². The number of carbonyl (C=O) groups is 2. The van der Waals surface area contributed by atoms with E-state index in [4.69, 9.17) is 15.6 Å². The number of nitrogens with two attached hydrogens (primary N) is 1. The van der Waals surface area contributed by atoms with Crippen molar-refractivity contribution >= 4 is 11.9 Å². The molecule has 0 aliphatic rings. The number of aryl methyl sites for hydroxylation is 2. The number of aliphatic carboxylic acids is 1. The Morgan fingerprint density at radius 1 is 1.29 bits per heavy atom. The van der Waals surface area contributed by atoms with Crippen LogP contribution in [0.1, 0.15) is 28.4 Å². The van der Waals surface area contributed by atoms with Crippen molar-refractivity contribution in [1.82, 2.24) is 0 Å². The minimum atomic E-state index is -1.04. The van der Waals surface area contributed by atoms with E-state index in [1.807, 2.05) is 0 Å². The lowest BCUT2D eigenvalue weighted by molar-refractivity contribution is -0.144. The molecule has 0 heterocycles. The molecule has 0 aliphatic carbocycles. The van der Waals surface area contributed by atoms with Gasteiger partial charge in [0.15, 0.2) is 6.10 Å². The van der Waals surface area contributed by atoms with Crippen LogP contribution in [0.5, 0.6) is 5.75 Å². The van der Waals surface area contributed by atoms with Crippen molar-refractivity contribution in [3.63, 3.8) is 0 Å². The molecule has 0 spiro atoms. The first kappa shape index (κ1) is 13.0. The van der Waals surface area contributed by atoms with Crippen LogP contribution in [0.3, 0.4) is 0 Å². The second kappa shape index (κ2) is 4.86. The fourth-order valence-electron chi connectivity index (χ4n) is 1.51. The molecule has 17 heavy (non-hydrogen) atoms. The Kier molecular flexibility index (Phi) is 3.73. The Morgan fingerprint density at radius 2 is 1.76 bits per heavy atom. The van der Waals surface area contributed by atoms with Crippen LogP contribution in [-0.2, 0) is 4.79 Å². The van der Waals surface area contributed by atoms with Crippen molar-refractivity contribution in [2.75, 3.05) is 0 Å². The van der Waals surface area contributed by atoms with Gasteiger partial charge in [-0.25, -0.2) is 4.79 Å². The maximum absolute atomic E-state index is 11.0. The zero-order chi connectivity index (χ0) is 13.2. The van der Waals surface area contributed by atoms with Crippen LogP contribution in [0.4, 0.5) is 0 Å². The molecular formula is C12H15NO4. The third kappa shape index (κ3) is 2.96. The molecule has 1 atom stereocenters. The molecule has 0 bridgehead atoms. The van der Waals surface area contributed by atoms with Gasteiger partial charge in [-0.3, -0.25) is 4.79 Å². The summed E-state index contributed by atoms with van der Waals surface area (Å²) in [5.41, 5.74) is 6.94. The monoisotopic (exact) mass is 237 g/mol. The Balaban J connectivity index is 3.10. The number of hydrogen-bond acceptors (Lipinski definition) is 3. The molecule has 0 aromatic heterocycles. The number of carbonyl (C=O) groups excluding carboxylic acids is 1. The van der Waals surface area contributed by atoms with E-state index in [1.165, 1.54) is 6.92 Å². The normalized spacial score (nSPS) is 11.9. The van der Waals surface area contributed by atoms with Crippen molar-refractivity contribution in [2.24, 2.45) is 5.73 Å². The van der Waals surface area contributed by atoms with Crippen LogP contribution in [0.15, 0.2) is 12.1 Å². The zero-order valence-corrected chi connectivity index (χ0v) is 9.98. The second-order valence-electron chi connectivity index (χ2n) is 3.90. The average molecular weight is 237 g/mol. The summed E-state index contributed by atoms with van der Waals surface area (Å²) in [6.07, 6.45) is -0.938. The summed E-state index contributed by atoms with van der Waals surface area (Å²) in [5.74, 6) is -1.08. The van der Waals surface area contributed by atoms with E-state index in [0.717, 1.165) is 0 Å². The van der Waals surface area contributed by atoms with Gasteiger partial charge in [-0.15, -0.1) is 0 Å². The molecule has 1 rings (SSSR count). The molecule has 0 aliphatic heterocycles. The Hall–Kier alpha value is -2.04. The van der Waals surface area contributed by atoms with Gasteiger partial charge in [-0.05, 0) is 44.0 Å². The smallest absolute Gasteiger partial charge is 0.344 e. The molecule has 1 aromatic rings. The Labute approximate surface area is 99.2 Å². The molecular weight excluding hydrogens is 222 g/mol. The van der Waals surface area contributed by atoms with Crippen molar-refractivity contribution in [3.05, 3.63) is 28.8 Å². The van der Waals surface area contributed by atoms with E-state index >= 15 is 0 Å². The summed E-state index contributed by atoms with van der Waals surface area (Å²) in [5, 5.41) is 8.77. The SMILES string of the molecule is Cc1cc(C(N)=O)cc(C)c1OC(C)C(=O)O. The number of carboxylic acids is 1. The minimum absolute atomic E-state index is 0.385. The first-order chi connectivity index (χ1) is 7.82. The van der Waals surface area contributed by atoms with Gasteiger partial charge in [0.05, 0.1) is 0 Å². The highest BCUT2D eigenvalue weighted by atomic mass is 16.5. The van der Waals surface area contributed by atoms with Gasteiger partial charge >= 0.3 is 5.97 Å². The Morgan fingerprint density at radius 3 is 2.12 bits per heavy atom. The van der Waals surface area contributed by atoms with E-state index in [-0.39, 0.29) is 0 Å². The molecule has 0 saturated carbocycles. The number of ether oxygens (including phenoxy) is 1. The molecule has 1 amide bonds. The maximum atomic E-state index is 11.0. The third-order valence-corrected chi connectivity index (χ3v) is 2.39. The molecule has 92 valence electrons. The summed E-state index contributed by atoms with van der Waals surface area (Å²) in [4.78, 5) is 21.7. The number of carboxylic acid groups (broad SMARTS) is 1. The van der Waals surface area contributed by atoms with Gasteiger partial charge in [0.25, 0.3) is 0 Å². The van der Waals surface area contributed by atoms with Crippen LogP contribution < -0.4 is 10.5 Å². The van der Waals surface area contributed by atoms with Crippen molar-refractivity contribution < 1.29 is 19.4 Å². The summed E-state index contributed by atoms with van der Waals surface area (Å²) in [6.45, 7) is 4.93. The van der Waals surface area contributed by atoms with Crippen LogP contribution in [0, 0.1) is 13.8 Å². The lowest BCUT2D eigenvalue weighted by Gasteiger charge is -2.16. The third-order valence-electron chi connectivity index (χ3n) is 2.39. The quantitative estimate of drug-likeness (QED) is 0.824. The Bertz CT molecular complexity index is 445. The predicted molar refractivity (Wildman–Crippen MR) is 62.2 cm³/mol. The number of primary amides is 1. The number of rotatable bonds is 4. The largest absolute Gasteiger partial charge is 0.479 e. The first-order valence-corrected chi connectivity index (χ1v) is 5.13. The fraction of sp³-hybridized carbons (Fsp3) is 0.333. The maximum Gasteiger partial charge on any atom is 0.344 e. The number of benzene rings is 1. The van der Waals surface area contributed by atoms with Gasteiger partial charge < -0.3 is 15.6 Å². The molecule has 3 N–H and O–H groups in total. The van der Waals surface area contributed by atoms with E-state index in [2.05, 4.69) is 0 Å². The molecule has 0 fully saturated rings. The molecule has 0 saturated heterocycles. The van der Waals surface area contributed by atoms with Gasteiger partial charge in [0.2, 0.25) is 5.91 Å². The van der Waals surface area contributed by atoms with Crippen molar-refractivity contribution in [2.45, 2.75) is 26.9 Å². The van der Waals surface area contributed by atoms with Gasteiger partial charge in [-0.1, -0.05) is 0 Å². The number of amides is 1. The van der Waals surface area contributed by atoms with E-state index in [1.54, 1.807) is 26.0 Å². The van der Waals surface area contributed by atoms with Crippen molar-refractivity contribution in [1.29, 1.82) is 0 Å². The van der Waals surface area contributed by atoms with Crippen LogP contribution in [0.2, 0.25) is 0 Å².